The first-order chi connectivity index (χ1) is 23.4. The monoisotopic (exact) mass is 669 g/mol. The van der Waals surface area contributed by atoms with Crippen molar-refractivity contribution < 1.29 is 38.1 Å². The Bertz CT molecular complexity index is 1360. The molecule has 2 aromatic carbocycles. The number of nitroso groups, excluding NO2 is 1. The Balaban J connectivity index is 1.15. The second-order valence-electron chi connectivity index (χ2n) is 11.1. The minimum absolute atomic E-state index is 0.137. The van der Waals surface area contributed by atoms with Crippen LogP contribution >= 0.6 is 0 Å². The summed E-state index contributed by atoms with van der Waals surface area (Å²) in [7, 11) is 1.56. The summed E-state index contributed by atoms with van der Waals surface area (Å²) in [6.07, 6.45) is 2.77. The van der Waals surface area contributed by atoms with Gasteiger partial charge < -0.3 is 39.8 Å². The van der Waals surface area contributed by atoms with Gasteiger partial charge in [0.2, 0.25) is 5.91 Å². The van der Waals surface area contributed by atoms with Gasteiger partial charge in [-0.15, -0.1) is 4.91 Å². The highest BCUT2D eigenvalue weighted by Crippen LogP contribution is 2.32. The Kier molecular flexibility index (Phi) is 17.2. The summed E-state index contributed by atoms with van der Waals surface area (Å²) in [5.41, 5.74) is 2.12. The van der Waals surface area contributed by atoms with E-state index in [1.165, 1.54) is 4.90 Å². The number of anilines is 1. The minimum Gasteiger partial charge on any atom is -0.497 e. The molecule has 3 N–H and O–H groups in total. The maximum Gasteiger partial charge on any atom is 0.308 e. The molecule has 0 bridgehead atoms. The predicted molar refractivity (Wildman–Crippen MR) is 179 cm³/mol. The fraction of sp³-hybridized carbons (Fsp3) is 0.529. The number of methoxy groups -OCH3 is 1. The number of amides is 4. The summed E-state index contributed by atoms with van der Waals surface area (Å²) in [6.45, 7) is 6.51. The van der Waals surface area contributed by atoms with Crippen LogP contribution in [0.15, 0.2) is 47.6 Å². The number of nitrogens with zero attached hydrogens (tertiary/aromatic N) is 2. The summed E-state index contributed by atoms with van der Waals surface area (Å²) in [4.78, 5) is 62.0. The number of carbonyl (C=O) groups is 4. The van der Waals surface area contributed by atoms with Gasteiger partial charge in [-0.1, -0.05) is 25.5 Å². The third kappa shape index (κ3) is 12.4. The molecule has 0 aliphatic carbocycles. The van der Waals surface area contributed by atoms with Crippen LogP contribution in [0.3, 0.4) is 0 Å². The molecule has 0 spiro atoms. The van der Waals surface area contributed by atoms with Gasteiger partial charge in [0, 0.05) is 53.6 Å². The average Bonchev–Trinajstić information content (AvgIpc) is 3.44. The molecule has 48 heavy (non-hydrogen) atoms. The van der Waals surface area contributed by atoms with E-state index < -0.39 is 11.9 Å². The van der Waals surface area contributed by atoms with Crippen molar-refractivity contribution in [3.63, 3.8) is 0 Å². The Labute approximate surface area is 281 Å². The maximum absolute atomic E-state index is 12.9. The first-order valence-corrected chi connectivity index (χ1v) is 16.4. The predicted octanol–water partition coefficient (Wildman–Crippen LogP) is 3.29. The largest absolute Gasteiger partial charge is 0.497 e. The molecule has 14 heteroatoms. The zero-order valence-corrected chi connectivity index (χ0v) is 27.8. The molecule has 0 fully saturated rings. The Morgan fingerprint density at radius 1 is 0.917 bits per heavy atom. The van der Waals surface area contributed by atoms with Crippen LogP contribution in [-0.4, -0.2) is 101 Å². The number of hydrogen-bond acceptors (Lipinski definition) is 10. The molecule has 1 aliphatic heterocycles. The molecule has 0 aromatic heterocycles. The molecule has 2 aromatic rings. The third-order valence-electron chi connectivity index (χ3n) is 7.62. The lowest BCUT2D eigenvalue weighted by molar-refractivity contribution is -0.122. The molecule has 1 atom stereocenters. The number of ether oxygens (including phenoxy) is 4. The highest BCUT2D eigenvalue weighted by Gasteiger charge is 2.37. The van der Waals surface area contributed by atoms with Gasteiger partial charge in [0.15, 0.2) is 0 Å². The quantitative estimate of drug-likeness (QED) is 0.111. The average molecular weight is 670 g/mol. The maximum atomic E-state index is 12.9. The van der Waals surface area contributed by atoms with Crippen LogP contribution in [0.5, 0.6) is 5.75 Å². The number of rotatable bonds is 24. The van der Waals surface area contributed by atoms with Crippen molar-refractivity contribution in [2.45, 2.75) is 51.6 Å². The van der Waals surface area contributed by atoms with Crippen molar-refractivity contribution in [1.82, 2.24) is 15.5 Å². The molecule has 14 nitrogen and oxygen atoms in total. The van der Waals surface area contributed by atoms with E-state index in [1.54, 1.807) is 49.6 Å². The van der Waals surface area contributed by atoms with E-state index in [4.69, 9.17) is 18.9 Å². The van der Waals surface area contributed by atoms with Gasteiger partial charge in [-0.05, 0) is 56.1 Å². The minimum atomic E-state index is -0.904. The van der Waals surface area contributed by atoms with Crippen LogP contribution in [0, 0.1) is 4.91 Å². The van der Waals surface area contributed by atoms with Crippen LogP contribution in [0.2, 0.25) is 0 Å². The van der Waals surface area contributed by atoms with Crippen molar-refractivity contribution in [3.8, 4) is 5.75 Å². The lowest BCUT2D eigenvalue weighted by Gasteiger charge is -2.23. The first-order valence-electron chi connectivity index (χ1n) is 16.4. The zero-order chi connectivity index (χ0) is 34.6. The van der Waals surface area contributed by atoms with Crippen LogP contribution < -0.4 is 20.7 Å². The molecule has 0 radical (unpaired) electrons. The molecule has 1 aliphatic rings. The number of nitrogens with one attached hydrogen (secondary N) is 3. The van der Waals surface area contributed by atoms with Crippen molar-refractivity contribution in [3.05, 3.63) is 64.1 Å². The van der Waals surface area contributed by atoms with E-state index >= 15 is 0 Å². The molecule has 1 unspecified atom stereocenters. The fourth-order valence-corrected chi connectivity index (χ4v) is 5.13. The fourth-order valence-electron chi connectivity index (χ4n) is 5.13. The van der Waals surface area contributed by atoms with Gasteiger partial charge >= 0.3 is 5.91 Å². The Morgan fingerprint density at radius 3 is 2.33 bits per heavy atom. The van der Waals surface area contributed by atoms with E-state index in [0.29, 0.717) is 107 Å². The molecular formula is C34H47N5O9. The van der Waals surface area contributed by atoms with Gasteiger partial charge in [-0.2, -0.15) is 0 Å². The summed E-state index contributed by atoms with van der Waals surface area (Å²) >= 11 is 0. The summed E-state index contributed by atoms with van der Waals surface area (Å²) < 4.78 is 21.7. The van der Waals surface area contributed by atoms with Gasteiger partial charge in [0.05, 0.1) is 46.8 Å². The number of benzene rings is 2. The smallest absolute Gasteiger partial charge is 0.308 e. The second kappa shape index (κ2) is 21.6. The van der Waals surface area contributed by atoms with Crippen molar-refractivity contribution in [2.75, 3.05) is 71.7 Å². The molecule has 0 saturated heterocycles. The molecular weight excluding hydrogens is 622 g/mol. The number of hydrogen-bond donors (Lipinski definition) is 3. The topological polar surface area (TPSA) is 174 Å². The summed E-state index contributed by atoms with van der Waals surface area (Å²) in [6, 6.07) is 11.1. The summed E-state index contributed by atoms with van der Waals surface area (Å²) in [5.74, 6) is -0.917. The standard InChI is InChI=1S/C34H47N5O9/c1-3-8-30(33(42)38-44)39-24-28-27(34(39)43)11-7-12-29(28)37-31(40)13-4-5-14-35-15-17-46-19-21-48-22-20-47-18-16-36-32(41)25-9-6-10-26(23-25)45-2/h6-7,9-12,23,30,35H,3-5,8,13-22,24H2,1-2H3,(H,36,41)(H,37,40). The molecule has 4 amide bonds. The van der Waals surface area contributed by atoms with Crippen LogP contribution in [0.25, 0.3) is 0 Å². The Hall–Kier alpha value is -4.24. The first kappa shape index (κ1) is 38.2. The third-order valence-corrected chi connectivity index (χ3v) is 7.62. The van der Waals surface area contributed by atoms with Gasteiger partial charge in [0.25, 0.3) is 11.8 Å². The second-order valence-corrected chi connectivity index (χ2v) is 11.1. The number of fused-ring (bicyclic) bond motifs is 1. The SMILES string of the molecule is CCCC(C(=O)N=O)N1Cc2c(NC(=O)CCCCNCCOCCOCCOCCNC(=O)c3cccc(OC)c3)cccc2C1=O. The summed E-state index contributed by atoms with van der Waals surface area (Å²) in [5, 5.41) is 11.5. The van der Waals surface area contributed by atoms with E-state index in [0.717, 1.165) is 13.0 Å². The highest BCUT2D eigenvalue weighted by molar-refractivity contribution is 6.04. The van der Waals surface area contributed by atoms with Crippen molar-refractivity contribution in [2.24, 2.45) is 5.18 Å². The zero-order valence-electron chi connectivity index (χ0n) is 27.8. The molecule has 262 valence electrons. The van der Waals surface area contributed by atoms with Crippen molar-refractivity contribution in [1.29, 1.82) is 0 Å². The van der Waals surface area contributed by atoms with Gasteiger partial charge in [-0.25, -0.2) is 0 Å². The van der Waals surface area contributed by atoms with Gasteiger partial charge in [0.1, 0.15) is 11.8 Å². The van der Waals surface area contributed by atoms with E-state index in [1.807, 2.05) is 6.92 Å². The molecule has 0 saturated carbocycles. The van der Waals surface area contributed by atoms with E-state index in [-0.39, 0.29) is 24.3 Å². The lowest BCUT2D eigenvalue weighted by atomic mass is 10.1. The Morgan fingerprint density at radius 2 is 1.62 bits per heavy atom. The van der Waals surface area contributed by atoms with Crippen LogP contribution in [0.4, 0.5) is 5.69 Å². The van der Waals surface area contributed by atoms with E-state index in [2.05, 4.69) is 21.1 Å². The van der Waals surface area contributed by atoms with E-state index in [9.17, 15) is 24.1 Å². The van der Waals surface area contributed by atoms with Gasteiger partial charge in [-0.3, -0.25) is 19.2 Å². The highest BCUT2D eigenvalue weighted by atomic mass is 16.5. The molecule has 3 rings (SSSR count). The van der Waals surface area contributed by atoms with Crippen molar-refractivity contribution >= 4 is 29.3 Å². The lowest BCUT2D eigenvalue weighted by Crippen LogP contribution is -2.40. The molecule has 1 heterocycles. The number of carbonyl (C=O) groups excluding carboxylic acids is 4. The van der Waals surface area contributed by atoms with Crippen LogP contribution in [-0.2, 0) is 30.3 Å². The number of unbranched alkanes of at least 4 members (excludes halogenated alkanes) is 1. The normalized spacial score (nSPS) is 12.8. The van der Waals surface area contributed by atoms with Crippen LogP contribution in [0.1, 0.15) is 65.3 Å².